The van der Waals surface area contributed by atoms with E-state index in [0.29, 0.717) is 5.13 Å². The molecule has 0 saturated carbocycles. The standard InChI is InChI=1S/C9H17N5S/c1-2-3-13-4-6-14(7-5-13)9-12-11-8(10)15-9/h2-7H2,1H3,(H2,10,11). The highest BCUT2D eigenvalue weighted by molar-refractivity contribution is 7.18. The van der Waals surface area contributed by atoms with E-state index in [2.05, 4.69) is 26.9 Å². The van der Waals surface area contributed by atoms with Gasteiger partial charge in [-0.3, -0.25) is 4.90 Å². The molecule has 0 spiro atoms. The average molecular weight is 227 g/mol. The smallest absolute Gasteiger partial charge is 0.210 e. The van der Waals surface area contributed by atoms with Crippen LogP contribution in [0.2, 0.25) is 0 Å². The summed E-state index contributed by atoms with van der Waals surface area (Å²) in [7, 11) is 0. The van der Waals surface area contributed by atoms with Crippen LogP contribution in [0.25, 0.3) is 0 Å². The van der Waals surface area contributed by atoms with Gasteiger partial charge in [-0.1, -0.05) is 18.3 Å². The Bertz CT molecular complexity index is 305. The fourth-order valence-corrected chi connectivity index (χ4v) is 2.50. The van der Waals surface area contributed by atoms with Gasteiger partial charge in [-0.05, 0) is 13.0 Å². The molecule has 0 radical (unpaired) electrons. The number of piperazine rings is 1. The van der Waals surface area contributed by atoms with Gasteiger partial charge in [0.15, 0.2) is 0 Å². The highest BCUT2D eigenvalue weighted by atomic mass is 32.1. The molecule has 0 amide bonds. The van der Waals surface area contributed by atoms with Gasteiger partial charge in [0, 0.05) is 26.2 Å². The topological polar surface area (TPSA) is 58.3 Å². The Kier molecular flexibility index (Phi) is 3.37. The molecule has 0 bridgehead atoms. The number of rotatable bonds is 3. The molecule has 1 aliphatic rings. The summed E-state index contributed by atoms with van der Waals surface area (Å²) in [6.45, 7) is 7.73. The third-order valence-electron chi connectivity index (χ3n) is 2.61. The van der Waals surface area contributed by atoms with Gasteiger partial charge in [0.05, 0.1) is 0 Å². The van der Waals surface area contributed by atoms with Gasteiger partial charge in [0.2, 0.25) is 10.3 Å². The van der Waals surface area contributed by atoms with Crippen LogP contribution in [0.3, 0.4) is 0 Å². The van der Waals surface area contributed by atoms with Gasteiger partial charge < -0.3 is 10.6 Å². The highest BCUT2D eigenvalue weighted by Gasteiger charge is 2.18. The normalized spacial score (nSPS) is 18.3. The van der Waals surface area contributed by atoms with E-state index in [1.54, 1.807) is 0 Å². The molecule has 2 N–H and O–H groups in total. The van der Waals surface area contributed by atoms with Crippen molar-refractivity contribution in [3.8, 4) is 0 Å². The largest absolute Gasteiger partial charge is 0.374 e. The van der Waals surface area contributed by atoms with Crippen LogP contribution in [-0.2, 0) is 0 Å². The Balaban J connectivity index is 1.88. The SMILES string of the molecule is CCCN1CCN(c2nnc(N)s2)CC1. The second-order valence-electron chi connectivity index (χ2n) is 3.75. The number of aromatic nitrogens is 2. The molecule has 0 unspecified atom stereocenters. The summed E-state index contributed by atoms with van der Waals surface area (Å²) in [6, 6.07) is 0. The minimum atomic E-state index is 0.556. The Labute approximate surface area is 93.9 Å². The highest BCUT2D eigenvalue weighted by Crippen LogP contribution is 2.22. The summed E-state index contributed by atoms with van der Waals surface area (Å²) in [5.74, 6) is 0. The quantitative estimate of drug-likeness (QED) is 0.821. The van der Waals surface area contributed by atoms with Crippen LogP contribution in [0.15, 0.2) is 0 Å². The molecule has 2 rings (SSSR count). The van der Waals surface area contributed by atoms with Crippen LogP contribution >= 0.6 is 11.3 Å². The first-order chi connectivity index (χ1) is 7.29. The maximum atomic E-state index is 5.57. The van der Waals surface area contributed by atoms with E-state index < -0.39 is 0 Å². The first kappa shape index (κ1) is 10.6. The zero-order valence-electron chi connectivity index (χ0n) is 9.02. The van der Waals surface area contributed by atoms with E-state index in [1.807, 2.05) is 0 Å². The molecular formula is C9H17N5S. The molecule has 1 fully saturated rings. The Hall–Kier alpha value is -0.880. The van der Waals surface area contributed by atoms with Crippen molar-refractivity contribution in [1.29, 1.82) is 0 Å². The maximum Gasteiger partial charge on any atom is 0.210 e. The monoisotopic (exact) mass is 227 g/mol. The van der Waals surface area contributed by atoms with Crippen LogP contribution in [0.1, 0.15) is 13.3 Å². The van der Waals surface area contributed by atoms with Gasteiger partial charge in [-0.2, -0.15) is 0 Å². The second-order valence-corrected chi connectivity index (χ2v) is 4.74. The summed E-state index contributed by atoms with van der Waals surface area (Å²) in [5, 5.41) is 9.42. The van der Waals surface area contributed by atoms with Crippen molar-refractivity contribution in [3.63, 3.8) is 0 Å². The molecule has 15 heavy (non-hydrogen) atoms. The number of hydrogen-bond acceptors (Lipinski definition) is 6. The van der Waals surface area contributed by atoms with Gasteiger partial charge in [-0.25, -0.2) is 0 Å². The molecule has 1 aromatic rings. The van der Waals surface area contributed by atoms with E-state index in [4.69, 9.17) is 5.73 Å². The lowest BCUT2D eigenvalue weighted by Gasteiger charge is -2.33. The van der Waals surface area contributed by atoms with Gasteiger partial charge >= 0.3 is 0 Å². The van der Waals surface area contributed by atoms with Crippen LogP contribution in [-0.4, -0.2) is 47.8 Å². The summed E-state index contributed by atoms with van der Waals surface area (Å²) in [4.78, 5) is 4.75. The number of hydrogen-bond donors (Lipinski definition) is 1. The first-order valence-electron chi connectivity index (χ1n) is 5.36. The first-order valence-corrected chi connectivity index (χ1v) is 6.17. The summed E-state index contributed by atoms with van der Waals surface area (Å²) in [5.41, 5.74) is 5.57. The van der Waals surface area contributed by atoms with E-state index >= 15 is 0 Å². The van der Waals surface area contributed by atoms with Crippen molar-refractivity contribution in [2.45, 2.75) is 13.3 Å². The molecule has 1 aliphatic heterocycles. The predicted molar refractivity (Wildman–Crippen MR) is 63.3 cm³/mol. The molecular weight excluding hydrogens is 210 g/mol. The van der Waals surface area contributed by atoms with E-state index in [0.717, 1.165) is 31.3 Å². The van der Waals surface area contributed by atoms with Gasteiger partial charge in [0.25, 0.3) is 0 Å². The number of nitrogens with two attached hydrogens (primary N) is 1. The van der Waals surface area contributed by atoms with Crippen molar-refractivity contribution < 1.29 is 0 Å². The van der Waals surface area contributed by atoms with Crippen molar-refractivity contribution in [2.75, 3.05) is 43.4 Å². The summed E-state index contributed by atoms with van der Waals surface area (Å²) in [6.07, 6.45) is 1.23. The lowest BCUT2D eigenvalue weighted by Crippen LogP contribution is -2.46. The van der Waals surface area contributed by atoms with Crippen LogP contribution < -0.4 is 10.6 Å². The van der Waals surface area contributed by atoms with Crippen molar-refractivity contribution in [3.05, 3.63) is 0 Å². The van der Waals surface area contributed by atoms with E-state index in [-0.39, 0.29) is 0 Å². The molecule has 6 heteroatoms. The van der Waals surface area contributed by atoms with E-state index in [9.17, 15) is 0 Å². The summed E-state index contributed by atoms with van der Waals surface area (Å²) < 4.78 is 0. The van der Waals surface area contributed by atoms with Crippen LogP contribution in [0.4, 0.5) is 10.3 Å². The van der Waals surface area contributed by atoms with Crippen molar-refractivity contribution in [2.24, 2.45) is 0 Å². The van der Waals surface area contributed by atoms with Gasteiger partial charge in [0.1, 0.15) is 0 Å². The molecule has 1 saturated heterocycles. The molecule has 84 valence electrons. The molecule has 5 nitrogen and oxygen atoms in total. The van der Waals surface area contributed by atoms with Crippen molar-refractivity contribution >= 4 is 21.6 Å². The second kappa shape index (κ2) is 4.76. The molecule has 0 aromatic carbocycles. The number of nitrogen functional groups attached to an aromatic ring is 1. The van der Waals surface area contributed by atoms with Crippen LogP contribution in [0.5, 0.6) is 0 Å². The van der Waals surface area contributed by atoms with E-state index in [1.165, 1.54) is 24.3 Å². The number of anilines is 2. The Morgan fingerprint density at radius 1 is 1.27 bits per heavy atom. The third kappa shape index (κ3) is 2.57. The maximum absolute atomic E-state index is 5.57. The minimum Gasteiger partial charge on any atom is -0.374 e. The lowest BCUT2D eigenvalue weighted by molar-refractivity contribution is 0.258. The Morgan fingerprint density at radius 3 is 2.53 bits per heavy atom. The van der Waals surface area contributed by atoms with Crippen molar-refractivity contribution in [1.82, 2.24) is 15.1 Å². The number of nitrogens with zero attached hydrogens (tertiary/aromatic N) is 4. The Morgan fingerprint density at radius 2 is 2.00 bits per heavy atom. The average Bonchev–Trinajstić information content (AvgIpc) is 2.67. The molecule has 2 heterocycles. The molecule has 0 atom stereocenters. The summed E-state index contributed by atoms with van der Waals surface area (Å²) >= 11 is 1.47. The predicted octanol–water partition coefficient (Wildman–Crippen LogP) is 0.652. The zero-order valence-corrected chi connectivity index (χ0v) is 9.83. The molecule has 0 aliphatic carbocycles. The third-order valence-corrected chi connectivity index (χ3v) is 3.43. The fourth-order valence-electron chi connectivity index (χ4n) is 1.83. The minimum absolute atomic E-state index is 0.556. The lowest BCUT2D eigenvalue weighted by atomic mass is 10.3. The van der Waals surface area contributed by atoms with Crippen LogP contribution in [0, 0.1) is 0 Å². The fraction of sp³-hybridized carbons (Fsp3) is 0.778. The zero-order chi connectivity index (χ0) is 10.7. The van der Waals surface area contributed by atoms with Gasteiger partial charge in [-0.15, -0.1) is 10.2 Å². The molecule has 1 aromatic heterocycles.